The van der Waals surface area contributed by atoms with Crippen molar-refractivity contribution in [3.05, 3.63) is 59.7 Å². The molecule has 2 aromatic carbocycles. The van der Waals surface area contributed by atoms with Crippen LogP contribution in [0.1, 0.15) is 41.6 Å². The molecule has 1 saturated carbocycles. The van der Waals surface area contributed by atoms with Gasteiger partial charge in [0.1, 0.15) is 0 Å². The molecule has 0 radical (unpaired) electrons. The predicted molar refractivity (Wildman–Crippen MR) is 114 cm³/mol. The SMILES string of the molecule is Cl.NC1CCCC(C(=O)Nc2cccc(C(=O)N3CCc4ccccc43)c2)C1. The lowest BCUT2D eigenvalue weighted by Crippen LogP contribution is -2.34. The predicted octanol–water partition coefficient (Wildman–Crippen LogP) is 3.77. The van der Waals surface area contributed by atoms with Gasteiger partial charge in [0.05, 0.1) is 0 Å². The fraction of sp³-hybridized carbons (Fsp3) is 0.364. The van der Waals surface area contributed by atoms with Crippen LogP contribution in [0, 0.1) is 5.92 Å². The molecule has 1 aliphatic carbocycles. The first-order valence-electron chi connectivity index (χ1n) is 9.68. The van der Waals surface area contributed by atoms with Crippen LogP contribution in [0.15, 0.2) is 48.5 Å². The van der Waals surface area contributed by atoms with Crippen LogP contribution in [0.3, 0.4) is 0 Å². The number of nitrogens with two attached hydrogens (primary N) is 1. The fourth-order valence-corrected chi connectivity index (χ4v) is 4.15. The van der Waals surface area contributed by atoms with Gasteiger partial charge in [-0.15, -0.1) is 12.4 Å². The number of rotatable bonds is 3. The third-order valence-electron chi connectivity index (χ3n) is 5.59. The lowest BCUT2D eigenvalue weighted by molar-refractivity contribution is -0.120. The van der Waals surface area contributed by atoms with Crippen molar-refractivity contribution in [1.29, 1.82) is 0 Å². The van der Waals surface area contributed by atoms with Gasteiger partial charge in [0, 0.05) is 35.4 Å². The number of anilines is 2. The van der Waals surface area contributed by atoms with E-state index in [1.54, 1.807) is 12.1 Å². The van der Waals surface area contributed by atoms with Gasteiger partial charge in [-0.25, -0.2) is 0 Å². The number of hydrogen-bond acceptors (Lipinski definition) is 3. The molecule has 1 aliphatic heterocycles. The van der Waals surface area contributed by atoms with E-state index in [-0.39, 0.29) is 36.2 Å². The Morgan fingerprint density at radius 2 is 1.89 bits per heavy atom. The van der Waals surface area contributed by atoms with Crippen molar-refractivity contribution in [2.24, 2.45) is 11.7 Å². The normalized spacial score (nSPS) is 20.8. The van der Waals surface area contributed by atoms with E-state index in [4.69, 9.17) is 5.73 Å². The summed E-state index contributed by atoms with van der Waals surface area (Å²) in [6.45, 7) is 0.689. The van der Waals surface area contributed by atoms with E-state index >= 15 is 0 Å². The first-order valence-corrected chi connectivity index (χ1v) is 9.68. The van der Waals surface area contributed by atoms with Crippen molar-refractivity contribution in [1.82, 2.24) is 0 Å². The van der Waals surface area contributed by atoms with Gasteiger partial charge >= 0.3 is 0 Å². The molecule has 3 N–H and O–H groups in total. The maximum atomic E-state index is 13.0. The molecule has 148 valence electrons. The van der Waals surface area contributed by atoms with E-state index in [1.807, 2.05) is 35.2 Å². The van der Waals surface area contributed by atoms with Crippen molar-refractivity contribution in [2.45, 2.75) is 38.1 Å². The average Bonchev–Trinajstić information content (AvgIpc) is 3.12. The molecule has 2 amide bonds. The maximum absolute atomic E-state index is 13.0. The first kappa shape index (κ1) is 20.4. The molecule has 0 saturated heterocycles. The first-order chi connectivity index (χ1) is 13.1. The molecule has 2 unspecified atom stereocenters. The van der Waals surface area contributed by atoms with E-state index in [0.29, 0.717) is 17.8 Å². The van der Waals surface area contributed by atoms with Gasteiger partial charge in [-0.05, 0) is 55.5 Å². The van der Waals surface area contributed by atoms with Gasteiger partial charge in [-0.3, -0.25) is 9.59 Å². The van der Waals surface area contributed by atoms with Crippen molar-refractivity contribution in [3.63, 3.8) is 0 Å². The summed E-state index contributed by atoms with van der Waals surface area (Å²) in [5.74, 6) is -0.0735. The monoisotopic (exact) mass is 399 g/mol. The lowest BCUT2D eigenvalue weighted by atomic mass is 9.85. The minimum atomic E-state index is -0.0430. The second kappa shape index (κ2) is 8.76. The molecular weight excluding hydrogens is 374 g/mol. The molecule has 2 atom stereocenters. The van der Waals surface area contributed by atoms with Crippen molar-refractivity contribution >= 4 is 35.6 Å². The summed E-state index contributed by atoms with van der Waals surface area (Å²) in [5.41, 5.74) is 9.43. The number of benzene rings is 2. The van der Waals surface area contributed by atoms with Gasteiger partial charge in [0.15, 0.2) is 0 Å². The van der Waals surface area contributed by atoms with E-state index in [1.165, 1.54) is 5.56 Å². The molecule has 0 aromatic heterocycles. The van der Waals surface area contributed by atoms with Crippen LogP contribution in [0.25, 0.3) is 0 Å². The van der Waals surface area contributed by atoms with Crippen LogP contribution in [0.2, 0.25) is 0 Å². The van der Waals surface area contributed by atoms with Crippen LogP contribution in [0.5, 0.6) is 0 Å². The molecule has 6 heteroatoms. The van der Waals surface area contributed by atoms with Crippen molar-refractivity contribution in [2.75, 3.05) is 16.8 Å². The molecule has 2 aliphatic rings. The summed E-state index contributed by atoms with van der Waals surface area (Å²) in [4.78, 5) is 27.4. The highest BCUT2D eigenvalue weighted by Gasteiger charge is 2.27. The van der Waals surface area contributed by atoms with Crippen molar-refractivity contribution < 1.29 is 9.59 Å². The summed E-state index contributed by atoms with van der Waals surface area (Å²) in [6.07, 6.45) is 4.47. The highest BCUT2D eigenvalue weighted by molar-refractivity contribution is 6.08. The Morgan fingerprint density at radius 3 is 2.71 bits per heavy atom. The minimum absolute atomic E-state index is 0. The van der Waals surface area contributed by atoms with Gasteiger partial charge < -0.3 is 16.0 Å². The lowest BCUT2D eigenvalue weighted by Gasteiger charge is -2.25. The van der Waals surface area contributed by atoms with Crippen LogP contribution < -0.4 is 16.0 Å². The quantitative estimate of drug-likeness (QED) is 0.824. The number of para-hydroxylation sites is 1. The van der Waals surface area contributed by atoms with Gasteiger partial charge in [-0.1, -0.05) is 30.7 Å². The van der Waals surface area contributed by atoms with Gasteiger partial charge in [0.2, 0.25) is 5.91 Å². The summed E-state index contributed by atoms with van der Waals surface area (Å²) < 4.78 is 0. The van der Waals surface area contributed by atoms with Crippen LogP contribution in [-0.4, -0.2) is 24.4 Å². The second-order valence-electron chi connectivity index (χ2n) is 7.53. The Morgan fingerprint density at radius 1 is 1.07 bits per heavy atom. The number of carbonyl (C=O) groups excluding carboxylic acids is 2. The molecule has 5 nitrogen and oxygen atoms in total. The maximum Gasteiger partial charge on any atom is 0.258 e. The average molecular weight is 400 g/mol. The fourth-order valence-electron chi connectivity index (χ4n) is 4.15. The summed E-state index contributed by atoms with van der Waals surface area (Å²) >= 11 is 0. The van der Waals surface area contributed by atoms with Gasteiger partial charge in [-0.2, -0.15) is 0 Å². The molecular formula is C22H26ClN3O2. The molecule has 28 heavy (non-hydrogen) atoms. The minimum Gasteiger partial charge on any atom is -0.328 e. The largest absolute Gasteiger partial charge is 0.328 e. The second-order valence-corrected chi connectivity index (χ2v) is 7.53. The van der Waals surface area contributed by atoms with Gasteiger partial charge in [0.25, 0.3) is 5.91 Å². The smallest absolute Gasteiger partial charge is 0.258 e. The molecule has 0 bridgehead atoms. The third kappa shape index (κ3) is 4.21. The molecule has 1 fully saturated rings. The topological polar surface area (TPSA) is 75.4 Å². The Balaban J connectivity index is 0.00000225. The Hall–Kier alpha value is -2.37. The van der Waals surface area contributed by atoms with E-state index in [0.717, 1.165) is 37.8 Å². The molecule has 2 aromatic rings. The number of nitrogens with zero attached hydrogens (tertiary/aromatic N) is 1. The number of fused-ring (bicyclic) bond motifs is 1. The summed E-state index contributed by atoms with van der Waals surface area (Å²) in [7, 11) is 0. The van der Waals surface area contributed by atoms with E-state index < -0.39 is 0 Å². The number of carbonyl (C=O) groups is 2. The van der Waals surface area contributed by atoms with E-state index in [2.05, 4.69) is 11.4 Å². The van der Waals surface area contributed by atoms with Crippen LogP contribution in [-0.2, 0) is 11.2 Å². The number of halogens is 1. The number of amides is 2. The molecule has 4 rings (SSSR count). The number of nitrogens with one attached hydrogen (secondary N) is 1. The summed E-state index contributed by atoms with van der Waals surface area (Å²) in [5, 5.41) is 2.97. The van der Waals surface area contributed by atoms with Crippen molar-refractivity contribution in [3.8, 4) is 0 Å². The zero-order chi connectivity index (χ0) is 18.8. The highest BCUT2D eigenvalue weighted by Crippen LogP contribution is 2.29. The Labute approximate surface area is 171 Å². The highest BCUT2D eigenvalue weighted by atomic mass is 35.5. The molecule has 1 heterocycles. The third-order valence-corrected chi connectivity index (χ3v) is 5.59. The van der Waals surface area contributed by atoms with E-state index in [9.17, 15) is 9.59 Å². The zero-order valence-electron chi connectivity index (χ0n) is 15.8. The zero-order valence-corrected chi connectivity index (χ0v) is 16.6. The Kier molecular flexibility index (Phi) is 6.37. The molecule has 0 spiro atoms. The Bertz CT molecular complexity index is 870. The summed E-state index contributed by atoms with van der Waals surface area (Å²) in [6, 6.07) is 15.3. The number of hydrogen-bond donors (Lipinski definition) is 2. The van der Waals surface area contributed by atoms with Crippen LogP contribution >= 0.6 is 12.4 Å². The van der Waals surface area contributed by atoms with Crippen LogP contribution in [0.4, 0.5) is 11.4 Å². The standard InChI is InChI=1S/C22H25N3O2.ClH/c23-18-8-3-6-16(13-18)21(26)24-19-9-4-7-17(14-19)22(27)25-12-11-15-5-1-2-10-20(15)25;/h1-2,4-5,7,9-10,14,16,18H,3,6,8,11-13,23H2,(H,24,26);1H.